The molecule has 0 unspecified atom stereocenters. The fourth-order valence-corrected chi connectivity index (χ4v) is 5.96. The van der Waals surface area contributed by atoms with Crippen molar-refractivity contribution in [3.8, 4) is 0 Å². The number of hydrogen-bond donors (Lipinski definition) is 4. The van der Waals surface area contributed by atoms with Crippen LogP contribution in [0.1, 0.15) is 81.2 Å². The minimum Gasteiger partial charge on any atom is -0.361 e. The number of carbonyl (C=O) groups is 1. The van der Waals surface area contributed by atoms with Crippen LogP contribution in [0, 0.1) is 39.5 Å². The van der Waals surface area contributed by atoms with Crippen molar-refractivity contribution >= 4 is 35.7 Å². The molecule has 1 aliphatic carbocycles. The second-order valence-corrected chi connectivity index (χ2v) is 10.4. The Morgan fingerprint density at radius 1 is 0.829 bits per heavy atom. The van der Waals surface area contributed by atoms with Crippen molar-refractivity contribution in [2.45, 2.75) is 48.0 Å². The van der Waals surface area contributed by atoms with Crippen LogP contribution >= 0.6 is 0 Å². The number of fused-ring (bicyclic) bond motifs is 7. The number of aromatic nitrogens is 3. The summed E-state index contributed by atoms with van der Waals surface area (Å²) in [5.41, 5.74) is 14.1. The topological polar surface area (TPSA) is 76.5 Å². The van der Waals surface area contributed by atoms with Gasteiger partial charge in [0, 0.05) is 74.1 Å². The molecule has 1 fully saturated rings. The Hall–Kier alpha value is -3.73. The van der Waals surface area contributed by atoms with Crippen molar-refractivity contribution in [2.24, 2.45) is 11.8 Å². The van der Waals surface area contributed by atoms with Crippen molar-refractivity contribution in [3.63, 3.8) is 0 Å². The first-order chi connectivity index (χ1) is 16.7. The Kier molecular flexibility index (Phi) is 4.59. The van der Waals surface area contributed by atoms with Gasteiger partial charge in [-0.3, -0.25) is 4.79 Å². The molecule has 8 bridgehead atoms. The number of allylic oxidation sites excluding steroid dienone is 3. The lowest BCUT2D eigenvalue weighted by molar-refractivity contribution is 0.100. The average Bonchev–Trinajstić information content (AvgIpc) is 3.55. The van der Waals surface area contributed by atoms with E-state index in [1.54, 1.807) is 0 Å². The predicted octanol–water partition coefficient (Wildman–Crippen LogP) is 4.73. The van der Waals surface area contributed by atoms with Gasteiger partial charge in [0.25, 0.3) is 0 Å². The lowest BCUT2D eigenvalue weighted by Crippen LogP contribution is -2.12. The normalized spacial score (nSPS) is 26.0. The molecule has 0 amide bonds. The molecule has 5 nitrogen and oxygen atoms in total. The summed E-state index contributed by atoms with van der Waals surface area (Å²) in [7, 11) is 0. The van der Waals surface area contributed by atoms with Crippen molar-refractivity contribution in [2.75, 3.05) is 0 Å². The van der Waals surface area contributed by atoms with Crippen LogP contribution in [0.5, 0.6) is 0 Å². The van der Waals surface area contributed by atoms with Gasteiger partial charge in [0.2, 0.25) is 0 Å². The molecule has 2 aliphatic heterocycles. The Morgan fingerprint density at radius 3 is 2.17 bits per heavy atom. The average molecular weight is 465 g/mol. The molecule has 0 saturated carbocycles. The fourth-order valence-electron chi connectivity index (χ4n) is 5.96. The maximum atomic E-state index is 13.2. The van der Waals surface area contributed by atoms with E-state index < -0.39 is 0 Å². The van der Waals surface area contributed by atoms with Gasteiger partial charge in [0.05, 0.1) is 5.69 Å². The third-order valence-corrected chi connectivity index (χ3v) is 8.60. The summed E-state index contributed by atoms with van der Waals surface area (Å²) in [5, 5.41) is 5.85. The molecule has 0 spiro atoms. The molecule has 0 aromatic carbocycles. The lowest BCUT2D eigenvalue weighted by atomic mass is 9.92. The van der Waals surface area contributed by atoms with E-state index in [4.69, 9.17) is 0 Å². The third kappa shape index (κ3) is 2.97. The van der Waals surface area contributed by atoms with Crippen molar-refractivity contribution in [3.05, 3.63) is 84.8 Å². The van der Waals surface area contributed by atoms with Gasteiger partial charge in [-0.1, -0.05) is 26.5 Å². The van der Waals surface area contributed by atoms with Crippen molar-refractivity contribution in [1.82, 2.24) is 20.3 Å². The number of hydrogen-bond acceptors (Lipinski definition) is 2. The summed E-state index contributed by atoms with van der Waals surface area (Å²) in [6.45, 7) is 17.1. The van der Waals surface area contributed by atoms with Gasteiger partial charge >= 0.3 is 0 Å². The molecule has 5 heteroatoms. The molecular weight excluding hydrogens is 432 g/mol. The highest BCUT2D eigenvalue weighted by molar-refractivity contribution is 6.13. The largest absolute Gasteiger partial charge is 0.361 e. The van der Waals surface area contributed by atoms with Crippen molar-refractivity contribution in [1.29, 1.82) is 0 Å². The summed E-state index contributed by atoms with van der Waals surface area (Å²) >= 11 is 0. The van der Waals surface area contributed by atoms with Crippen LogP contribution in [0.2, 0.25) is 0 Å². The molecule has 178 valence electrons. The molecule has 3 aromatic rings. The maximum absolute atomic E-state index is 13.2. The van der Waals surface area contributed by atoms with E-state index in [1.807, 2.05) is 6.08 Å². The Labute approximate surface area is 205 Å². The van der Waals surface area contributed by atoms with Crippen LogP contribution in [-0.4, -0.2) is 20.7 Å². The minimum atomic E-state index is 0.199. The molecule has 1 saturated heterocycles. The van der Waals surface area contributed by atoms with E-state index in [1.165, 1.54) is 22.4 Å². The second kappa shape index (κ2) is 7.38. The smallest absolute Gasteiger partial charge is 0.169 e. The first-order valence-electron chi connectivity index (χ1n) is 12.4. The number of nitrogens with one attached hydrogen (secondary N) is 4. The Bertz CT molecular complexity index is 1650. The quantitative estimate of drug-likeness (QED) is 0.420. The molecule has 2 atom stereocenters. The molecule has 4 N–H and O–H groups in total. The van der Waals surface area contributed by atoms with Crippen LogP contribution in [-0.2, 0) is 0 Å². The van der Waals surface area contributed by atoms with Gasteiger partial charge in [0.1, 0.15) is 0 Å². The van der Waals surface area contributed by atoms with E-state index in [0.717, 1.165) is 61.4 Å². The molecular formula is C30H32N4O. The van der Waals surface area contributed by atoms with Gasteiger partial charge in [0.15, 0.2) is 5.78 Å². The lowest BCUT2D eigenvalue weighted by Gasteiger charge is -2.11. The monoisotopic (exact) mass is 464 g/mol. The van der Waals surface area contributed by atoms with Crippen LogP contribution in [0.25, 0.3) is 29.9 Å². The van der Waals surface area contributed by atoms with E-state index in [-0.39, 0.29) is 11.7 Å². The van der Waals surface area contributed by atoms with Crippen LogP contribution in [0.3, 0.4) is 0 Å². The van der Waals surface area contributed by atoms with Gasteiger partial charge in [-0.25, -0.2) is 0 Å². The summed E-state index contributed by atoms with van der Waals surface area (Å²) in [5.74, 6) is 0.800. The third-order valence-electron chi connectivity index (χ3n) is 8.60. The zero-order valence-electron chi connectivity index (χ0n) is 21.3. The number of aromatic amines is 3. The molecule has 35 heavy (non-hydrogen) atoms. The van der Waals surface area contributed by atoms with Gasteiger partial charge in [-0.15, -0.1) is 0 Å². The zero-order chi connectivity index (χ0) is 24.8. The van der Waals surface area contributed by atoms with Gasteiger partial charge < -0.3 is 20.3 Å². The summed E-state index contributed by atoms with van der Waals surface area (Å²) in [4.78, 5) is 24.0. The minimum absolute atomic E-state index is 0.199. The number of rotatable bonds is 1. The number of Topliss-reactive ketones (excluding diaryl/α,β-unsaturated/α-hetero) is 1. The van der Waals surface area contributed by atoms with Crippen LogP contribution in [0.4, 0.5) is 0 Å². The van der Waals surface area contributed by atoms with E-state index in [9.17, 15) is 4.79 Å². The van der Waals surface area contributed by atoms with Gasteiger partial charge in [-0.2, -0.15) is 0 Å². The maximum Gasteiger partial charge on any atom is 0.169 e. The van der Waals surface area contributed by atoms with E-state index in [2.05, 4.69) is 86.6 Å². The highest BCUT2D eigenvalue weighted by Gasteiger charge is 2.37. The molecule has 3 aliphatic rings. The molecule has 6 rings (SSSR count). The Balaban J connectivity index is 1.73. The SMILES string of the molecule is C=Cc1c2[nH]c(c1C)/C=C1\N/C(=C3/CC(=O)c4c3[nH]c(c4C)/C=c3\[nH]/c(c(C)c3C)=C\2)[C@@H](C)[C@@H]1C. The van der Waals surface area contributed by atoms with Crippen LogP contribution in [0.15, 0.2) is 18.0 Å². The first-order valence-corrected chi connectivity index (χ1v) is 12.4. The molecule has 5 heterocycles. The zero-order valence-corrected chi connectivity index (χ0v) is 21.3. The summed E-state index contributed by atoms with van der Waals surface area (Å²) in [6.07, 6.45) is 8.94. The highest BCUT2D eigenvalue weighted by Crippen LogP contribution is 2.43. The summed E-state index contributed by atoms with van der Waals surface area (Å²) in [6, 6.07) is 0. The molecule has 0 radical (unpaired) electrons. The Morgan fingerprint density at radius 2 is 1.49 bits per heavy atom. The van der Waals surface area contributed by atoms with Crippen molar-refractivity contribution < 1.29 is 4.79 Å². The van der Waals surface area contributed by atoms with Crippen LogP contribution < -0.4 is 16.0 Å². The first kappa shape index (κ1) is 21.8. The van der Waals surface area contributed by atoms with E-state index in [0.29, 0.717) is 12.3 Å². The van der Waals surface area contributed by atoms with E-state index >= 15 is 0 Å². The standard InChI is InChI=1S/C30H32N4O/c1-8-19-17(6)24-11-23-15(4)16(5)29(33-23)20-9-27(35)28-18(7)25(34-30(20)28)10-21-13(2)14(3)22(31-21)12-26(19)32-24/h8,10-12,15-16,31-34H,1,9H2,2-7H3/b21-10-,22-12-,23-11-,29-20-/t15-,16-/m0/s1. The second-order valence-electron chi connectivity index (χ2n) is 10.4. The van der Waals surface area contributed by atoms with Gasteiger partial charge in [-0.05, 0) is 68.2 Å². The highest BCUT2D eigenvalue weighted by atomic mass is 16.1. The fraction of sp³-hybridized carbons (Fsp3) is 0.300. The number of carbonyl (C=O) groups excluding carboxylic acids is 1. The summed E-state index contributed by atoms with van der Waals surface area (Å²) < 4.78 is 0. The number of ketones is 1. The molecule has 3 aromatic heterocycles. The number of H-pyrrole nitrogens is 3. The predicted molar refractivity (Wildman–Crippen MR) is 143 cm³/mol.